The first-order valence-corrected chi connectivity index (χ1v) is 4.23. The highest BCUT2D eigenvalue weighted by Crippen LogP contribution is 2.06. The molecule has 0 aromatic carbocycles. The molecule has 4 heteroatoms. The van der Waals surface area contributed by atoms with Crippen molar-refractivity contribution in [2.24, 2.45) is 0 Å². The predicted octanol–water partition coefficient (Wildman–Crippen LogP) is 1.47. The van der Waals surface area contributed by atoms with Gasteiger partial charge in [-0.25, -0.2) is 4.98 Å². The van der Waals surface area contributed by atoms with Gasteiger partial charge in [0, 0.05) is 19.3 Å². The lowest BCUT2D eigenvalue weighted by Gasteiger charge is -2.01. The number of pyridine rings is 1. The third-order valence-corrected chi connectivity index (χ3v) is 1.91. The van der Waals surface area contributed by atoms with Crippen LogP contribution in [-0.4, -0.2) is 20.3 Å². The average Bonchev–Trinajstić information content (AvgIpc) is 2.71. The van der Waals surface area contributed by atoms with Gasteiger partial charge in [0.25, 0.3) is 0 Å². The van der Waals surface area contributed by atoms with Crippen LogP contribution in [0.4, 0.5) is 0 Å². The lowest BCUT2D eigenvalue weighted by Crippen LogP contribution is -1.98. The zero-order chi connectivity index (χ0) is 9.97. The lowest BCUT2D eigenvalue weighted by molar-refractivity contribution is 0.101. The number of hydrogen-bond donors (Lipinski definition) is 0. The molecule has 0 amide bonds. The number of Topliss-reactive ketones (excluding diaryl/α,β-unsaturated/α-hetero) is 1. The summed E-state index contributed by atoms with van der Waals surface area (Å²) in [6.45, 7) is 1.50. The molecular weight excluding hydrogens is 178 g/mol. The van der Waals surface area contributed by atoms with E-state index in [1.165, 1.54) is 6.92 Å². The van der Waals surface area contributed by atoms with Gasteiger partial charge < -0.3 is 4.57 Å². The van der Waals surface area contributed by atoms with E-state index < -0.39 is 0 Å². The molecule has 0 unspecified atom stereocenters. The fraction of sp³-hybridized carbons (Fsp3) is 0.100. The van der Waals surface area contributed by atoms with Gasteiger partial charge in [0.2, 0.25) is 0 Å². The molecule has 0 atom stereocenters. The molecule has 70 valence electrons. The van der Waals surface area contributed by atoms with Gasteiger partial charge in [-0.05, 0) is 12.1 Å². The Labute approximate surface area is 81.2 Å². The Morgan fingerprint density at radius 2 is 2.29 bits per heavy atom. The first-order valence-electron chi connectivity index (χ1n) is 4.23. The number of ketones is 1. The molecule has 0 aliphatic carbocycles. The Morgan fingerprint density at radius 3 is 2.79 bits per heavy atom. The molecular formula is C10H9N3O. The van der Waals surface area contributed by atoms with Crippen LogP contribution in [-0.2, 0) is 0 Å². The Kier molecular flexibility index (Phi) is 2.10. The molecule has 14 heavy (non-hydrogen) atoms. The topological polar surface area (TPSA) is 47.8 Å². The van der Waals surface area contributed by atoms with Crippen molar-refractivity contribution < 1.29 is 4.79 Å². The Bertz CT molecular complexity index is 431. The molecule has 2 aromatic heterocycles. The van der Waals surface area contributed by atoms with Crippen molar-refractivity contribution in [2.75, 3.05) is 0 Å². The third-order valence-electron chi connectivity index (χ3n) is 1.91. The molecule has 0 spiro atoms. The van der Waals surface area contributed by atoms with E-state index in [-0.39, 0.29) is 5.78 Å². The SMILES string of the molecule is CC(=O)c1ccc(-n2ccnc2)cn1. The van der Waals surface area contributed by atoms with Crippen LogP contribution in [0.1, 0.15) is 17.4 Å². The van der Waals surface area contributed by atoms with Gasteiger partial charge in [-0.1, -0.05) is 0 Å². The van der Waals surface area contributed by atoms with E-state index >= 15 is 0 Å². The highest BCUT2D eigenvalue weighted by atomic mass is 16.1. The van der Waals surface area contributed by atoms with E-state index in [1.807, 2.05) is 16.8 Å². The van der Waals surface area contributed by atoms with Gasteiger partial charge in [-0.2, -0.15) is 0 Å². The molecule has 0 aliphatic heterocycles. The number of nitrogens with zero attached hydrogens (tertiary/aromatic N) is 3. The molecule has 0 saturated heterocycles. The summed E-state index contributed by atoms with van der Waals surface area (Å²) in [6, 6.07) is 3.54. The summed E-state index contributed by atoms with van der Waals surface area (Å²) in [6.07, 6.45) is 6.85. The van der Waals surface area contributed by atoms with E-state index in [2.05, 4.69) is 9.97 Å². The lowest BCUT2D eigenvalue weighted by atomic mass is 10.2. The van der Waals surface area contributed by atoms with Crippen molar-refractivity contribution in [3.05, 3.63) is 42.7 Å². The smallest absolute Gasteiger partial charge is 0.178 e. The normalized spacial score (nSPS) is 10.1. The Hall–Kier alpha value is -1.97. The zero-order valence-corrected chi connectivity index (χ0v) is 7.71. The van der Waals surface area contributed by atoms with Gasteiger partial charge in [-0.15, -0.1) is 0 Å². The average molecular weight is 187 g/mol. The highest BCUT2D eigenvalue weighted by molar-refractivity contribution is 5.92. The van der Waals surface area contributed by atoms with Crippen molar-refractivity contribution in [3.63, 3.8) is 0 Å². The number of imidazole rings is 1. The maximum Gasteiger partial charge on any atom is 0.178 e. The number of rotatable bonds is 2. The summed E-state index contributed by atoms with van der Waals surface area (Å²) >= 11 is 0. The fourth-order valence-electron chi connectivity index (χ4n) is 1.16. The maximum absolute atomic E-state index is 11.0. The minimum absolute atomic E-state index is 0.0258. The third kappa shape index (κ3) is 1.54. The second-order valence-electron chi connectivity index (χ2n) is 2.93. The summed E-state index contributed by atoms with van der Waals surface area (Å²) in [5.74, 6) is -0.0258. The van der Waals surface area contributed by atoms with Gasteiger partial charge in [0.05, 0.1) is 18.2 Å². The van der Waals surface area contributed by atoms with Crippen LogP contribution < -0.4 is 0 Å². The largest absolute Gasteiger partial charge is 0.305 e. The number of carbonyl (C=O) groups is 1. The molecule has 0 bridgehead atoms. The van der Waals surface area contributed by atoms with Crippen molar-refractivity contribution in [1.29, 1.82) is 0 Å². The van der Waals surface area contributed by atoms with Crippen molar-refractivity contribution in [1.82, 2.24) is 14.5 Å². The van der Waals surface area contributed by atoms with Gasteiger partial charge in [0.15, 0.2) is 5.78 Å². The molecule has 2 aromatic rings. The first kappa shape index (κ1) is 8.62. The maximum atomic E-state index is 11.0. The second-order valence-corrected chi connectivity index (χ2v) is 2.93. The van der Waals surface area contributed by atoms with Gasteiger partial charge in [0.1, 0.15) is 5.69 Å². The summed E-state index contributed by atoms with van der Waals surface area (Å²) in [5, 5.41) is 0. The van der Waals surface area contributed by atoms with E-state index in [4.69, 9.17) is 0 Å². The predicted molar refractivity (Wildman–Crippen MR) is 51.4 cm³/mol. The molecule has 2 heterocycles. The van der Waals surface area contributed by atoms with E-state index in [1.54, 1.807) is 24.8 Å². The van der Waals surface area contributed by atoms with Crippen LogP contribution in [0, 0.1) is 0 Å². The molecule has 0 saturated carbocycles. The minimum atomic E-state index is -0.0258. The van der Waals surface area contributed by atoms with Gasteiger partial charge in [-0.3, -0.25) is 9.78 Å². The fourth-order valence-corrected chi connectivity index (χ4v) is 1.16. The van der Waals surface area contributed by atoms with Crippen molar-refractivity contribution >= 4 is 5.78 Å². The first-order chi connectivity index (χ1) is 6.77. The second kappa shape index (κ2) is 3.41. The van der Waals surface area contributed by atoms with Crippen LogP contribution in [0.2, 0.25) is 0 Å². The number of carbonyl (C=O) groups excluding carboxylic acids is 1. The van der Waals surface area contributed by atoms with E-state index in [0.29, 0.717) is 5.69 Å². The highest BCUT2D eigenvalue weighted by Gasteiger charge is 2.00. The van der Waals surface area contributed by atoms with E-state index in [0.717, 1.165) is 5.69 Å². The molecule has 0 aliphatic rings. The van der Waals surface area contributed by atoms with Crippen LogP contribution in [0.25, 0.3) is 5.69 Å². The monoisotopic (exact) mass is 187 g/mol. The van der Waals surface area contributed by atoms with Crippen LogP contribution >= 0.6 is 0 Å². The van der Waals surface area contributed by atoms with E-state index in [9.17, 15) is 4.79 Å². The van der Waals surface area contributed by atoms with Crippen LogP contribution in [0.15, 0.2) is 37.1 Å². The Balaban J connectivity index is 2.36. The summed E-state index contributed by atoms with van der Waals surface area (Å²) in [5.41, 5.74) is 1.38. The Morgan fingerprint density at radius 1 is 1.43 bits per heavy atom. The number of aromatic nitrogens is 3. The zero-order valence-electron chi connectivity index (χ0n) is 7.71. The van der Waals surface area contributed by atoms with Crippen LogP contribution in [0.3, 0.4) is 0 Å². The van der Waals surface area contributed by atoms with Crippen LogP contribution in [0.5, 0.6) is 0 Å². The molecule has 4 nitrogen and oxygen atoms in total. The molecule has 0 fully saturated rings. The molecule has 0 N–H and O–H groups in total. The summed E-state index contributed by atoms with van der Waals surface area (Å²) in [4.78, 5) is 18.9. The quantitative estimate of drug-likeness (QED) is 0.669. The van der Waals surface area contributed by atoms with Crippen molar-refractivity contribution in [2.45, 2.75) is 6.92 Å². The summed E-state index contributed by atoms with van der Waals surface area (Å²) in [7, 11) is 0. The minimum Gasteiger partial charge on any atom is -0.305 e. The number of hydrogen-bond acceptors (Lipinski definition) is 3. The summed E-state index contributed by atoms with van der Waals surface area (Å²) < 4.78 is 1.83. The van der Waals surface area contributed by atoms with Crippen molar-refractivity contribution in [3.8, 4) is 5.69 Å². The van der Waals surface area contributed by atoms with Gasteiger partial charge >= 0.3 is 0 Å². The molecule has 2 rings (SSSR count). The molecule has 0 radical (unpaired) electrons. The standard InChI is InChI=1S/C10H9N3O/c1-8(14)10-3-2-9(6-12-10)13-5-4-11-7-13/h2-7H,1H3.